The molecule has 0 aliphatic rings. The van der Waals surface area contributed by atoms with Crippen LogP contribution in [0.1, 0.15) is 28.7 Å². The summed E-state index contributed by atoms with van der Waals surface area (Å²) in [6.45, 7) is 3.25. The second kappa shape index (κ2) is 10.5. The highest BCUT2D eigenvalue weighted by atomic mass is 19.1. The third-order valence-corrected chi connectivity index (χ3v) is 5.03. The number of pyridine rings is 3. The van der Waals surface area contributed by atoms with Gasteiger partial charge in [-0.2, -0.15) is 10.2 Å². The number of hydrogen-bond donors (Lipinski definition) is 5. The van der Waals surface area contributed by atoms with Crippen molar-refractivity contribution in [2.24, 2.45) is 5.73 Å². The van der Waals surface area contributed by atoms with Gasteiger partial charge in [0.05, 0.1) is 46.9 Å². The Balaban J connectivity index is 1.76. The maximum Gasteiger partial charge on any atom is 0.408 e. The van der Waals surface area contributed by atoms with Crippen LogP contribution in [0.2, 0.25) is 0 Å². The van der Waals surface area contributed by atoms with Crippen molar-refractivity contribution in [2.45, 2.75) is 13.8 Å². The topological polar surface area (TPSA) is 186 Å². The lowest BCUT2D eigenvalue weighted by Crippen LogP contribution is -2.22. The Kier molecular flexibility index (Phi) is 6.99. The van der Waals surface area contributed by atoms with E-state index >= 15 is 4.39 Å². The molecule has 0 radical (unpaired) electrons. The average molecular weight is 504 g/mol. The minimum Gasteiger partial charge on any atom is -0.465 e. The highest BCUT2D eigenvalue weighted by Gasteiger charge is 2.19. The molecule has 0 spiro atoms. The number of anilines is 3. The first-order valence-corrected chi connectivity index (χ1v) is 10.7. The van der Waals surface area contributed by atoms with E-state index in [2.05, 4.69) is 41.1 Å². The molecule has 0 aliphatic carbocycles. The van der Waals surface area contributed by atoms with Crippen LogP contribution in [0, 0.1) is 12.7 Å². The molecule has 13 nitrogen and oxygen atoms in total. The highest BCUT2D eigenvalue weighted by Crippen LogP contribution is 2.27. The third-order valence-electron chi connectivity index (χ3n) is 5.03. The van der Waals surface area contributed by atoms with Gasteiger partial charge in [0.15, 0.2) is 11.6 Å². The van der Waals surface area contributed by atoms with Crippen molar-refractivity contribution < 1.29 is 19.1 Å². The van der Waals surface area contributed by atoms with Crippen LogP contribution in [-0.2, 0) is 0 Å². The van der Waals surface area contributed by atoms with E-state index in [1.165, 1.54) is 36.5 Å². The van der Waals surface area contributed by atoms with Gasteiger partial charge in [0.1, 0.15) is 11.5 Å². The van der Waals surface area contributed by atoms with Crippen LogP contribution in [0.5, 0.6) is 0 Å². The Morgan fingerprint density at radius 3 is 2.49 bits per heavy atom. The van der Waals surface area contributed by atoms with E-state index in [-0.39, 0.29) is 28.6 Å². The van der Waals surface area contributed by atoms with Crippen molar-refractivity contribution in [3.8, 4) is 5.69 Å². The monoisotopic (exact) mass is 504 g/mol. The van der Waals surface area contributed by atoms with E-state index in [9.17, 15) is 9.59 Å². The van der Waals surface area contributed by atoms with E-state index in [1.807, 2.05) is 0 Å². The molecule has 0 aromatic carbocycles. The maximum atomic E-state index is 15.1. The van der Waals surface area contributed by atoms with Crippen LogP contribution in [0.3, 0.4) is 0 Å². The van der Waals surface area contributed by atoms with Crippen LogP contribution in [0.15, 0.2) is 60.8 Å². The first-order chi connectivity index (χ1) is 17.7. The number of amides is 2. The molecule has 0 fully saturated rings. The average Bonchev–Trinajstić information content (AvgIpc) is 3.40. The van der Waals surface area contributed by atoms with Gasteiger partial charge in [0, 0.05) is 11.9 Å². The van der Waals surface area contributed by atoms with E-state index < -0.39 is 17.8 Å². The van der Waals surface area contributed by atoms with Crippen molar-refractivity contribution in [3.63, 3.8) is 0 Å². The lowest BCUT2D eigenvalue weighted by atomic mass is 10.2. The summed E-state index contributed by atoms with van der Waals surface area (Å²) in [5.74, 6) is -2.20. The molecule has 0 saturated carbocycles. The number of hydrogen-bond acceptors (Lipinski definition) is 9. The van der Waals surface area contributed by atoms with Gasteiger partial charge in [-0.25, -0.2) is 14.2 Å². The van der Waals surface area contributed by atoms with E-state index in [4.69, 9.17) is 10.8 Å². The molecule has 0 unspecified atom stereocenters. The first kappa shape index (κ1) is 24.7. The zero-order valence-electron chi connectivity index (χ0n) is 19.6. The number of rotatable bonds is 8. The van der Waals surface area contributed by atoms with Gasteiger partial charge in [-0.05, 0) is 38.1 Å². The van der Waals surface area contributed by atoms with Crippen LogP contribution >= 0.6 is 0 Å². The summed E-state index contributed by atoms with van der Waals surface area (Å²) in [6, 6.07) is 7.56. The number of primary amides is 1. The number of aryl methyl sites for hydroxylation is 1. The first-order valence-electron chi connectivity index (χ1n) is 10.7. The molecule has 14 heteroatoms. The van der Waals surface area contributed by atoms with Gasteiger partial charge < -0.3 is 21.5 Å². The van der Waals surface area contributed by atoms with Gasteiger partial charge >= 0.3 is 6.09 Å². The van der Waals surface area contributed by atoms with Gasteiger partial charge in [0.25, 0.3) is 5.91 Å². The number of nitrogens with zero attached hydrogens (tertiary/aromatic N) is 6. The Hall–Kier alpha value is -5.40. The van der Waals surface area contributed by atoms with Crippen molar-refractivity contribution in [1.29, 1.82) is 0 Å². The van der Waals surface area contributed by atoms with Crippen molar-refractivity contribution in [2.75, 3.05) is 10.6 Å². The van der Waals surface area contributed by atoms with Gasteiger partial charge in [0.2, 0.25) is 0 Å². The lowest BCUT2D eigenvalue weighted by molar-refractivity contribution is 0.100. The summed E-state index contributed by atoms with van der Waals surface area (Å²) in [5.41, 5.74) is 7.46. The van der Waals surface area contributed by atoms with Gasteiger partial charge in [-0.3, -0.25) is 20.1 Å². The Labute approximate surface area is 209 Å². The largest absolute Gasteiger partial charge is 0.465 e. The van der Waals surface area contributed by atoms with Crippen LogP contribution in [-0.4, -0.2) is 47.1 Å². The minimum absolute atomic E-state index is 0.0642. The number of carbonyl (C=O) groups excluding carboxylic acids is 1. The summed E-state index contributed by atoms with van der Waals surface area (Å²) < 4.78 is 15.1. The molecule has 0 aliphatic heterocycles. The smallest absolute Gasteiger partial charge is 0.408 e. The molecule has 188 valence electrons. The van der Waals surface area contributed by atoms with Gasteiger partial charge in [-0.1, -0.05) is 6.07 Å². The minimum atomic E-state index is -1.32. The molecule has 4 aromatic rings. The summed E-state index contributed by atoms with van der Waals surface area (Å²) in [7, 11) is 0. The van der Waals surface area contributed by atoms with Crippen molar-refractivity contribution >= 4 is 35.0 Å². The van der Waals surface area contributed by atoms with Crippen LogP contribution in [0.4, 0.5) is 26.5 Å². The Bertz CT molecular complexity index is 1490. The number of nitrogens with two attached hydrogens (primary N) is 1. The number of allylic oxidation sites excluding steroid dienone is 1. The fourth-order valence-electron chi connectivity index (χ4n) is 3.33. The second-order valence-electron chi connectivity index (χ2n) is 7.62. The fraction of sp³-hybridized carbons (Fsp3) is 0.0870. The number of carboxylic acid groups (broad SMARTS) is 1. The summed E-state index contributed by atoms with van der Waals surface area (Å²) >= 11 is 0. The standard InChI is InChI=1S/C23H21FN10O3/c1-12-18(34-28-7-8-29-34)9-14(11-27-12)31-21-15(20(25)35)10-16(24)22(33-21)32-19(13(2)30-23(36)37)17-5-3-4-6-26-17/h3-11,30H,1-2H3,(H2,25,35)(H,36,37)(H2,31,32,33). The molecule has 0 bridgehead atoms. The second-order valence-corrected chi connectivity index (χ2v) is 7.62. The molecule has 4 heterocycles. The molecule has 4 rings (SSSR count). The quantitative estimate of drug-likeness (QED) is 0.239. The van der Waals surface area contributed by atoms with Gasteiger partial charge in [-0.15, -0.1) is 4.80 Å². The third kappa shape index (κ3) is 5.64. The molecular weight excluding hydrogens is 483 g/mol. The van der Waals surface area contributed by atoms with Crippen LogP contribution in [0.25, 0.3) is 11.4 Å². The molecule has 6 N–H and O–H groups in total. The predicted octanol–water partition coefficient (Wildman–Crippen LogP) is 2.81. The molecule has 0 atom stereocenters. The van der Waals surface area contributed by atoms with E-state index in [1.54, 1.807) is 31.2 Å². The van der Waals surface area contributed by atoms with Crippen molar-refractivity contribution in [1.82, 2.24) is 35.3 Å². The molecule has 2 amide bonds. The lowest BCUT2D eigenvalue weighted by Gasteiger charge is -2.17. The van der Waals surface area contributed by atoms with E-state index in [0.717, 1.165) is 6.07 Å². The molecule has 4 aromatic heterocycles. The molecule has 37 heavy (non-hydrogen) atoms. The summed E-state index contributed by atoms with van der Waals surface area (Å²) in [4.78, 5) is 37.4. The number of halogens is 1. The highest BCUT2D eigenvalue weighted by molar-refractivity contribution is 5.99. The maximum absolute atomic E-state index is 15.1. The molecule has 0 saturated heterocycles. The Morgan fingerprint density at radius 1 is 1.08 bits per heavy atom. The zero-order chi connectivity index (χ0) is 26.5. The SMILES string of the molecule is CC(NC(=O)O)=C(Nc1nc(Nc2cnc(C)c(-n3nccn3)c2)c(C(N)=O)cc1F)c1ccccn1. The summed E-state index contributed by atoms with van der Waals surface area (Å²) in [5, 5.41) is 25.3. The predicted molar refractivity (Wildman–Crippen MR) is 132 cm³/mol. The summed E-state index contributed by atoms with van der Waals surface area (Å²) in [6.07, 6.45) is 4.69. The number of aromatic nitrogens is 6. The zero-order valence-corrected chi connectivity index (χ0v) is 19.6. The fourth-order valence-corrected chi connectivity index (χ4v) is 3.33. The van der Waals surface area contributed by atoms with Crippen LogP contribution < -0.4 is 21.7 Å². The number of carbonyl (C=O) groups is 2. The normalized spacial score (nSPS) is 11.4. The van der Waals surface area contributed by atoms with Crippen molar-refractivity contribution in [3.05, 3.63) is 83.6 Å². The number of nitrogens with one attached hydrogen (secondary N) is 3. The molecular formula is C23H21FN10O3. The van der Waals surface area contributed by atoms with E-state index in [0.29, 0.717) is 22.8 Å². The Morgan fingerprint density at radius 2 is 1.84 bits per heavy atom.